The van der Waals surface area contributed by atoms with Gasteiger partial charge in [-0.25, -0.2) is 9.97 Å². The molecule has 6 heteroatoms. The van der Waals surface area contributed by atoms with Crippen LogP contribution in [0.1, 0.15) is 31.2 Å². The van der Waals surface area contributed by atoms with Crippen molar-refractivity contribution in [2.75, 3.05) is 18.0 Å². The van der Waals surface area contributed by atoms with Crippen molar-refractivity contribution < 1.29 is 10.8 Å². The summed E-state index contributed by atoms with van der Waals surface area (Å²) in [5.74, 6) is 0.812. The van der Waals surface area contributed by atoms with E-state index in [1.54, 1.807) is 0 Å². The molecule has 0 atom stereocenters. The van der Waals surface area contributed by atoms with Gasteiger partial charge in [-0.3, -0.25) is 0 Å². The summed E-state index contributed by atoms with van der Waals surface area (Å²) in [5, 5.41) is 11.0. The molecule has 5 N–H and O–H groups in total. The van der Waals surface area contributed by atoms with Crippen molar-refractivity contribution in [1.82, 2.24) is 15.0 Å². The second-order valence-electron chi connectivity index (χ2n) is 7.66. The summed E-state index contributed by atoms with van der Waals surface area (Å²) >= 11 is 0. The van der Waals surface area contributed by atoms with Gasteiger partial charge >= 0.3 is 0 Å². The number of anilines is 1. The lowest BCUT2D eigenvalue weighted by atomic mass is 9.91. The van der Waals surface area contributed by atoms with E-state index in [0.29, 0.717) is 5.69 Å². The van der Waals surface area contributed by atoms with Crippen LogP contribution in [0.4, 0.5) is 5.82 Å². The third-order valence-corrected chi connectivity index (χ3v) is 5.37. The molecule has 0 bridgehead atoms. The highest BCUT2D eigenvalue weighted by atomic mass is 16.3. The fourth-order valence-corrected chi connectivity index (χ4v) is 3.63. The van der Waals surface area contributed by atoms with E-state index in [9.17, 15) is 5.11 Å². The average Bonchev–Trinajstić information content (AvgIpc) is 3.09. The molecule has 3 heterocycles. The molecule has 4 rings (SSSR count). The molecule has 6 nitrogen and oxygen atoms in total. The van der Waals surface area contributed by atoms with Crippen LogP contribution in [0, 0.1) is 6.92 Å². The van der Waals surface area contributed by atoms with Crippen LogP contribution < -0.4 is 10.6 Å². The van der Waals surface area contributed by atoms with Gasteiger partial charge in [-0.1, -0.05) is 6.07 Å². The quantitative estimate of drug-likeness (QED) is 0.672. The van der Waals surface area contributed by atoms with Gasteiger partial charge in [-0.15, -0.1) is 0 Å². The number of aliphatic hydroxyl groups is 1. The first kappa shape index (κ1) is 17.0. The number of H-pyrrole nitrogens is 1. The second-order valence-corrected chi connectivity index (χ2v) is 7.66. The average molecular weight is 352 g/mol. The van der Waals surface area contributed by atoms with E-state index in [0.717, 1.165) is 59.6 Å². The number of aliphatic hydroxyl groups excluding tert-OH is 1. The molecule has 1 aromatic carbocycles. The minimum absolute atomic E-state index is 0.111. The number of hydrogen-bond acceptors (Lipinski definition) is 4. The number of aromatic amines is 1. The molecule has 1 aliphatic rings. The molecule has 1 fully saturated rings. The molecular weight excluding hydrogens is 326 g/mol. The Morgan fingerprint density at radius 1 is 1.23 bits per heavy atom. The van der Waals surface area contributed by atoms with Crippen LogP contribution in [0.5, 0.6) is 0 Å². The lowest BCUT2D eigenvalue weighted by molar-refractivity contribution is -0.475. The third-order valence-electron chi connectivity index (χ3n) is 5.37. The van der Waals surface area contributed by atoms with Crippen LogP contribution in [0.2, 0.25) is 0 Å². The highest BCUT2D eigenvalue weighted by Gasteiger charge is 2.31. The van der Waals surface area contributed by atoms with Gasteiger partial charge in [-0.05, 0) is 32.0 Å². The molecule has 1 saturated heterocycles. The highest BCUT2D eigenvalue weighted by Crippen LogP contribution is 2.29. The van der Waals surface area contributed by atoms with Crippen LogP contribution in [0.25, 0.3) is 22.2 Å². The Balaban J connectivity index is 1.72. The molecule has 0 amide bonds. The highest BCUT2D eigenvalue weighted by molar-refractivity contribution is 5.84. The van der Waals surface area contributed by atoms with Crippen molar-refractivity contribution in [2.45, 2.75) is 38.8 Å². The zero-order valence-electron chi connectivity index (χ0n) is 15.4. The molecule has 0 radical (unpaired) electrons. The first-order valence-electron chi connectivity index (χ1n) is 9.13. The summed E-state index contributed by atoms with van der Waals surface area (Å²) in [5.41, 5.74) is 8.89. The Kier molecular flexibility index (Phi) is 4.17. The maximum atomic E-state index is 9.91. The predicted octanol–water partition coefficient (Wildman–Crippen LogP) is 2.03. The van der Waals surface area contributed by atoms with Gasteiger partial charge in [0, 0.05) is 48.6 Å². The summed E-state index contributed by atoms with van der Waals surface area (Å²) < 4.78 is 0. The normalized spacial score (nSPS) is 17.0. The Bertz CT molecular complexity index is 937. The molecule has 0 aliphatic carbocycles. The molecular formula is C20H26N5O+. The van der Waals surface area contributed by atoms with Crippen LogP contribution >= 0.6 is 0 Å². The fraction of sp³-hybridized carbons (Fsp3) is 0.400. The minimum atomic E-state index is -0.111. The number of quaternary nitrogens is 1. The third kappa shape index (κ3) is 3.06. The van der Waals surface area contributed by atoms with Gasteiger partial charge in [0.2, 0.25) is 0 Å². The van der Waals surface area contributed by atoms with E-state index >= 15 is 0 Å². The number of piperidine rings is 1. The Hall–Kier alpha value is -2.44. The molecule has 136 valence electrons. The zero-order valence-corrected chi connectivity index (χ0v) is 15.4. The van der Waals surface area contributed by atoms with Crippen molar-refractivity contribution in [2.24, 2.45) is 0 Å². The number of aromatic nitrogens is 3. The van der Waals surface area contributed by atoms with Crippen LogP contribution in [0.3, 0.4) is 0 Å². The summed E-state index contributed by atoms with van der Waals surface area (Å²) in [6, 6.07) is 8.26. The zero-order chi connectivity index (χ0) is 18.3. The van der Waals surface area contributed by atoms with E-state index in [2.05, 4.69) is 34.7 Å². The summed E-state index contributed by atoms with van der Waals surface area (Å²) in [4.78, 5) is 15.1. The Morgan fingerprint density at radius 2 is 2.00 bits per heavy atom. The molecule has 2 aromatic heterocycles. The lowest BCUT2D eigenvalue weighted by Crippen LogP contribution is -2.73. The standard InChI is InChI=1S/C20H25N5O/c1-13-18(15-3-4-16-14(11-15)5-8-22-16)24-17(12-26)19(23-13)25-9-6-20(2,21)7-10-25/h3-5,8,11,22,26H,6-7,9-10,12,21H2,1-2H3/p+1. The van der Waals surface area contributed by atoms with Crippen molar-refractivity contribution in [3.8, 4) is 11.3 Å². The topological polar surface area (TPSA) is 92.7 Å². The smallest absolute Gasteiger partial charge is 0.153 e. The minimum Gasteiger partial charge on any atom is -0.390 e. The number of rotatable bonds is 3. The van der Waals surface area contributed by atoms with Crippen molar-refractivity contribution in [1.29, 1.82) is 0 Å². The lowest BCUT2D eigenvalue weighted by Gasteiger charge is -2.35. The molecule has 1 aliphatic heterocycles. The molecule has 0 unspecified atom stereocenters. The number of nitrogens with zero attached hydrogens (tertiary/aromatic N) is 3. The van der Waals surface area contributed by atoms with Crippen molar-refractivity contribution in [3.63, 3.8) is 0 Å². The maximum absolute atomic E-state index is 9.91. The Labute approximate surface area is 153 Å². The largest absolute Gasteiger partial charge is 0.390 e. The molecule has 0 spiro atoms. The number of hydrogen-bond donors (Lipinski definition) is 3. The number of nitrogens with one attached hydrogen (secondary N) is 1. The number of aryl methyl sites for hydroxylation is 1. The van der Waals surface area contributed by atoms with E-state index in [1.165, 1.54) is 0 Å². The Morgan fingerprint density at radius 3 is 2.73 bits per heavy atom. The van der Waals surface area contributed by atoms with Gasteiger partial charge in [0.05, 0.1) is 23.5 Å². The number of fused-ring (bicyclic) bond motifs is 1. The summed E-state index contributed by atoms with van der Waals surface area (Å²) in [7, 11) is 0. The van der Waals surface area contributed by atoms with E-state index in [4.69, 9.17) is 9.97 Å². The number of benzene rings is 1. The van der Waals surface area contributed by atoms with Crippen LogP contribution in [-0.2, 0) is 6.61 Å². The monoisotopic (exact) mass is 352 g/mol. The van der Waals surface area contributed by atoms with Gasteiger partial charge < -0.3 is 20.7 Å². The van der Waals surface area contributed by atoms with Gasteiger partial charge in [-0.2, -0.15) is 0 Å². The van der Waals surface area contributed by atoms with Crippen molar-refractivity contribution in [3.05, 3.63) is 41.9 Å². The summed E-state index contributed by atoms with van der Waals surface area (Å²) in [6.45, 7) is 5.88. The SMILES string of the molecule is Cc1nc(N2CCC(C)([NH3+])CC2)c(CO)nc1-c1ccc2[nH]ccc2c1. The second kappa shape index (κ2) is 6.37. The fourth-order valence-electron chi connectivity index (χ4n) is 3.63. The van der Waals surface area contributed by atoms with Gasteiger partial charge in [0.25, 0.3) is 0 Å². The van der Waals surface area contributed by atoms with Crippen LogP contribution in [-0.4, -0.2) is 38.7 Å². The van der Waals surface area contributed by atoms with E-state index < -0.39 is 0 Å². The summed E-state index contributed by atoms with van der Waals surface area (Å²) in [6.07, 6.45) is 3.97. The maximum Gasteiger partial charge on any atom is 0.153 e. The van der Waals surface area contributed by atoms with E-state index in [-0.39, 0.29) is 12.1 Å². The van der Waals surface area contributed by atoms with Gasteiger partial charge in [0.1, 0.15) is 5.69 Å². The van der Waals surface area contributed by atoms with Crippen molar-refractivity contribution >= 4 is 16.7 Å². The first-order chi connectivity index (χ1) is 12.5. The van der Waals surface area contributed by atoms with Crippen LogP contribution in [0.15, 0.2) is 30.5 Å². The van der Waals surface area contributed by atoms with E-state index in [1.807, 2.05) is 25.3 Å². The first-order valence-corrected chi connectivity index (χ1v) is 9.13. The molecule has 26 heavy (non-hydrogen) atoms. The van der Waals surface area contributed by atoms with Gasteiger partial charge in [0.15, 0.2) is 5.82 Å². The predicted molar refractivity (Wildman–Crippen MR) is 103 cm³/mol. The molecule has 0 saturated carbocycles. The molecule has 3 aromatic rings.